The quantitative estimate of drug-likeness (QED) is 0.0477. The molecule has 2 aliphatic heterocycles. The lowest BCUT2D eigenvalue weighted by molar-refractivity contribution is -0.126. The first-order valence-electron chi connectivity index (χ1n) is 32.4. The Hall–Kier alpha value is -9.10. The van der Waals surface area contributed by atoms with Gasteiger partial charge in [0.1, 0.15) is 35.8 Å². The van der Waals surface area contributed by atoms with Gasteiger partial charge in [0.2, 0.25) is 21.8 Å². The van der Waals surface area contributed by atoms with Gasteiger partial charge in [-0.15, -0.1) is 0 Å². The lowest BCUT2D eigenvalue weighted by Gasteiger charge is -2.27. The standard InChI is InChI=1S/C79H82N4O7S/c84-77(80-68(39-19-31-59-23-7-1-8-24-59)40-20-32-60-25-9-2-10-26-60)75-55-72(57-82(75)79(86)67-45-43-65(44-46-67)63-35-15-5-16-36-63)89-70-49-51-71(52-50-70)90-73-56-76(83(58-73)91(87,88)74-53-47-66(48-54-74)64-37-17-6-18-38-64)78(85)81-69(41-21-33-61-27-11-3-12-28-61)42-22-34-62-29-13-4-14-30-62/h1-18,23-30,35-38,43-54,68-69,72-73,75-76H,19-22,31-34,39-42,55-58H2,(H,80,84)(H,81,85)/t72-,73-,75+,76+/m1/s1. The van der Waals surface area contributed by atoms with Gasteiger partial charge in [0.05, 0.1) is 18.0 Å². The molecule has 2 N–H and O–H groups in total. The summed E-state index contributed by atoms with van der Waals surface area (Å²) in [6.07, 6.45) is 9.34. The number of carbonyl (C=O) groups is 3. The zero-order valence-electron chi connectivity index (χ0n) is 51.7. The molecule has 2 fully saturated rings. The fraction of sp³-hybridized carbons (Fsp3) is 0.278. The van der Waals surface area contributed by atoms with Crippen LogP contribution in [0.3, 0.4) is 0 Å². The molecule has 0 spiro atoms. The first-order chi connectivity index (χ1) is 44.6. The van der Waals surface area contributed by atoms with Gasteiger partial charge in [0, 0.05) is 30.5 Å². The highest BCUT2D eigenvalue weighted by atomic mass is 32.2. The van der Waals surface area contributed by atoms with Gasteiger partial charge in [0.25, 0.3) is 5.91 Å². The number of hydrogen-bond donors (Lipinski definition) is 2. The van der Waals surface area contributed by atoms with Crippen LogP contribution in [-0.4, -0.2) is 84.8 Å². The maximum atomic E-state index is 14.9. The summed E-state index contributed by atoms with van der Waals surface area (Å²) in [5.74, 6) is 0.220. The molecule has 0 aliphatic carbocycles. The van der Waals surface area contributed by atoms with Crippen LogP contribution in [-0.2, 0) is 45.3 Å². The third-order valence-corrected chi connectivity index (χ3v) is 19.6. The molecule has 9 aromatic rings. The summed E-state index contributed by atoms with van der Waals surface area (Å²) in [5.41, 5.74) is 9.34. The van der Waals surface area contributed by atoms with Gasteiger partial charge in [-0.1, -0.05) is 206 Å². The predicted octanol–water partition coefficient (Wildman–Crippen LogP) is 15.0. The molecule has 9 aromatic carbocycles. The minimum Gasteiger partial charge on any atom is -0.489 e. The van der Waals surface area contributed by atoms with Gasteiger partial charge in [-0.05, 0) is 170 Å². The number of nitrogens with one attached hydrogen (secondary N) is 2. The molecule has 12 heteroatoms. The Bertz CT molecular complexity index is 3740. The number of likely N-dealkylation sites (tertiary alicyclic amines) is 1. The molecular weight excluding hydrogens is 1150 g/mol. The highest BCUT2D eigenvalue weighted by Crippen LogP contribution is 2.33. The van der Waals surface area contributed by atoms with E-state index < -0.39 is 34.3 Å². The van der Waals surface area contributed by atoms with E-state index in [9.17, 15) is 22.8 Å². The Morgan fingerprint density at radius 3 is 1.12 bits per heavy atom. The van der Waals surface area contributed by atoms with Crippen molar-refractivity contribution in [1.29, 1.82) is 0 Å². The summed E-state index contributed by atoms with van der Waals surface area (Å²) >= 11 is 0. The molecule has 11 nitrogen and oxygen atoms in total. The summed E-state index contributed by atoms with van der Waals surface area (Å²) in [6.45, 7) is 0.144. The Morgan fingerprint density at radius 1 is 0.396 bits per heavy atom. The second kappa shape index (κ2) is 31.6. The maximum absolute atomic E-state index is 14.9. The van der Waals surface area contributed by atoms with E-state index in [1.165, 1.54) is 26.6 Å². The van der Waals surface area contributed by atoms with Gasteiger partial charge in [-0.25, -0.2) is 8.42 Å². The van der Waals surface area contributed by atoms with E-state index in [4.69, 9.17) is 9.47 Å². The van der Waals surface area contributed by atoms with Crippen LogP contribution < -0.4 is 20.1 Å². The highest BCUT2D eigenvalue weighted by molar-refractivity contribution is 7.89. The number of sulfonamides is 1. The van der Waals surface area contributed by atoms with E-state index in [0.717, 1.165) is 99.3 Å². The van der Waals surface area contributed by atoms with E-state index in [2.05, 4.69) is 83.4 Å². The molecule has 0 saturated carbocycles. The van der Waals surface area contributed by atoms with E-state index in [1.807, 2.05) is 133 Å². The lowest BCUT2D eigenvalue weighted by atomic mass is 9.98. The zero-order chi connectivity index (χ0) is 62.6. The van der Waals surface area contributed by atoms with Crippen LogP contribution in [0.25, 0.3) is 22.3 Å². The predicted molar refractivity (Wildman–Crippen MR) is 362 cm³/mol. The normalized spacial score (nSPS) is 16.6. The second-order valence-electron chi connectivity index (χ2n) is 24.2. The molecule has 4 atom stereocenters. The van der Waals surface area contributed by atoms with Gasteiger partial charge in [-0.2, -0.15) is 4.31 Å². The van der Waals surface area contributed by atoms with E-state index in [0.29, 0.717) is 17.1 Å². The smallest absolute Gasteiger partial charge is 0.254 e. The Kier molecular flexibility index (Phi) is 22.0. The molecule has 2 aliphatic rings. The van der Waals surface area contributed by atoms with Crippen LogP contribution >= 0.6 is 0 Å². The molecule has 11 rings (SSSR count). The van der Waals surface area contributed by atoms with Gasteiger partial charge < -0.3 is 25.0 Å². The van der Waals surface area contributed by atoms with Gasteiger partial charge in [-0.3, -0.25) is 14.4 Å². The summed E-state index contributed by atoms with van der Waals surface area (Å²) in [5, 5.41) is 6.78. The third-order valence-electron chi connectivity index (χ3n) is 17.7. The third kappa shape index (κ3) is 17.7. The summed E-state index contributed by atoms with van der Waals surface area (Å²) in [4.78, 5) is 46.1. The van der Waals surface area contributed by atoms with Crippen LogP contribution in [0.2, 0.25) is 0 Å². The van der Waals surface area contributed by atoms with Gasteiger partial charge in [0.15, 0.2) is 0 Å². The number of hydrogen-bond acceptors (Lipinski definition) is 7. The van der Waals surface area contributed by atoms with Crippen molar-refractivity contribution in [1.82, 2.24) is 19.8 Å². The van der Waals surface area contributed by atoms with Gasteiger partial charge >= 0.3 is 0 Å². The van der Waals surface area contributed by atoms with Crippen LogP contribution in [0.4, 0.5) is 0 Å². The topological polar surface area (TPSA) is 134 Å². The minimum atomic E-state index is -4.19. The van der Waals surface area contributed by atoms with Crippen molar-refractivity contribution in [2.24, 2.45) is 0 Å². The molecule has 91 heavy (non-hydrogen) atoms. The first-order valence-corrected chi connectivity index (χ1v) is 33.9. The molecular formula is C79H82N4O7S. The van der Waals surface area contributed by atoms with Crippen LogP contribution in [0.1, 0.15) is 96.8 Å². The maximum Gasteiger partial charge on any atom is 0.254 e. The van der Waals surface area contributed by atoms with Crippen molar-refractivity contribution in [2.75, 3.05) is 13.1 Å². The van der Waals surface area contributed by atoms with Crippen molar-refractivity contribution in [3.63, 3.8) is 0 Å². The van der Waals surface area contributed by atoms with E-state index in [-0.39, 0.29) is 60.6 Å². The molecule has 0 unspecified atom stereocenters. The van der Waals surface area contributed by atoms with Crippen LogP contribution in [0.15, 0.2) is 260 Å². The molecule has 466 valence electrons. The Balaban J connectivity index is 0.791. The summed E-state index contributed by atoms with van der Waals surface area (Å²) in [6, 6.07) is 80.8. The fourth-order valence-electron chi connectivity index (χ4n) is 12.8. The van der Waals surface area contributed by atoms with Crippen molar-refractivity contribution < 1.29 is 32.3 Å². The fourth-order valence-corrected chi connectivity index (χ4v) is 14.5. The van der Waals surface area contributed by atoms with Crippen molar-refractivity contribution in [2.45, 2.75) is 131 Å². The number of amides is 3. The Labute approximate surface area is 537 Å². The Morgan fingerprint density at radius 2 is 0.725 bits per heavy atom. The molecule has 2 saturated heterocycles. The number of rotatable bonds is 29. The largest absolute Gasteiger partial charge is 0.489 e. The molecule has 0 aromatic heterocycles. The average molecular weight is 1230 g/mol. The highest BCUT2D eigenvalue weighted by Gasteiger charge is 2.46. The first kappa shape index (κ1) is 63.5. The van der Waals surface area contributed by atoms with E-state index >= 15 is 0 Å². The second-order valence-corrected chi connectivity index (χ2v) is 26.1. The number of ether oxygens (including phenoxy) is 2. The summed E-state index contributed by atoms with van der Waals surface area (Å²) in [7, 11) is -4.19. The number of carbonyl (C=O) groups excluding carboxylic acids is 3. The molecule has 2 heterocycles. The molecule has 3 amide bonds. The van der Waals surface area contributed by atoms with Crippen molar-refractivity contribution >= 4 is 27.7 Å². The number of benzene rings is 9. The minimum absolute atomic E-state index is 0.0446. The molecule has 0 bridgehead atoms. The number of nitrogens with zero attached hydrogens (tertiary/aromatic N) is 2. The van der Waals surface area contributed by atoms with Crippen molar-refractivity contribution in [3.05, 3.63) is 283 Å². The average Bonchev–Trinajstić information content (AvgIpc) is 1.79. The summed E-state index contributed by atoms with van der Waals surface area (Å²) < 4.78 is 44.4. The number of aryl methyl sites for hydroxylation is 4. The lowest BCUT2D eigenvalue weighted by Crippen LogP contribution is -2.49. The van der Waals surface area contributed by atoms with E-state index in [1.54, 1.807) is 53.4 Å². The zero-order valence-corrected chi connectivity index (χ0v) is 52.5. The van der Waals surface area contributed by atoms with Crippen LogP contribution in [0, 0.1) is 0 Å². The molecule has 0 radical (unpaired) electrons. The SMILES string of the molecule is O=C(NC(CCCc1ccccc1)CCCc1ccccc1)[C@@H]1C[C@@H](Oc2ccc(O[C@@H]3C[C@@H](C(=O)NC(CCCc4ccccc4)CCCc4ccccc4)N(S(=O)(=O)c4ccc(-c5ccccc5)cc4)C3)cc2)CN1C(=O)c1ccc(-c2ccccc2)cc1. The monoisotopic (exact) mass is 1230 g/mol. The van der Waals surface area contributed by atoms with Crippen molar-refractivity contribution in [3.8, 4) is 33.8 Å². The van der Waals surface area contributed by atoms with Crippen LogP contribution in [0.5, 0.6) is 11.5 Å².